The number of ether oxygens (including phenoxy) is 1. The highest BCUT2D eigenvalue weighted by Crippen LogP contribution is 2.34. The van der Waals surface area contributed by atoms with Crippen LogP contribution in [-0.2, 0) is 0 Å². The van der Waals surface area contributed by atoms with Crippen molar-refractivity contribution in [3.63, 3.8) is 0 Å². The zero-order valence-electron chi connectivity index (χ0n) is 12.1. The van der Waals surface area contributed by atoms with E-state index in [0.717, 1.165) is 41.5 Å². The average Bonchev–Trinajstić information content (AvgIpc) is 3.06. The van der Waals surface area contributed by atoms with E-state index in [-0.39, 0.29) is 0 Å². The van der Waals surface area contributed by atoms with Crippen molar-refractivity contribution in [1.82, 2.24) is 5.32 Å². The smallest absolute Gasteiger partial charge is 0.126 e. The third-order valence-corrected chi connectivity index (χ3v) is 3.51. The minimum absolute atomic E-state index is 0.714. The van der Waals surface area contributed by atoms with Crippen LogP contribution in [0.1, 0.15) is 0 Å². The molecule has 0 bridgehead atoms. The van der Waals surface area contributed by atoms with Crippen molar-refractivity contribution in [2.45, 2.75) is 0 Å². The molecule has 1 heterocycles. The summed E-state index contributed by atoms with van der Waals surface area (Å²) < 4.78 is 5.47. The second-order valence-corrected chi connectivity index (χ2v) is 4.85. The molecule has 0 aliphatic carbocycles. The first-order chi connectivity index (χ1) is 10.4. The van der Waals surface area contributed by atoms with Crippen molar-refractivity contribution in [2.75, 3.05) is 32.1 Å². The van der Waals surface area contributed by atoms with Crippen LogP contribution in [0.3, 0.4) is 0 Å². The third-order valence-electron chi connectivity index (χ3n) is 3.51. The van der Waals surface area contributed by atoms with Crippen molar-refractivity contribution in [2.24, 2.45) is 4.99 Å². The van der Waals surface area contributed by atoms with Gasteiger partial charge in [-0.1, -0.05) is 36.4 Å². The summed E-state index contributed by atoms with van der Waals surface area (Å²) in [7, 11) is 1.70. The molecule has 0 atom stereocenters. The molecule has 1 aliphatic heterocycles. The highest BCUT2D eigenvalue weighted by atomic mass is 16.5. The van der Waals surface area contributed by atoms with Crippen LogP contribution in [0, 0.1) is 0 Å². The summed E-state index contributed by atoms with van der Waals surface area (Å²) in [6.07, 6.45) is 0. The molecule has 0 amide bonds. The monoisotopic (exact) mass is 281 g/mol. The van der Waals surface area contributed by atoms with Gasteiger partial charge in [-0.15, -0.1) is 0 Å². The van der Waals surface area contributed by atoms with Gasteiger partial charge in [-0.25, -0.2) is 0 Å². The summed E-state index contributed by atoms with van der Waals surface area (Å²) in [5.41, 5.74) is 3.30. The Labute approximate surface area is 124 Å². The van der Waals surface area contributed by atoms with Gasteiger partial charge < -0.3 is 15.4 Å². The Morgan fingerprint density at radius 2 is 1.86 bits per heavy atom. The molecule has 4 heteroatoms. The first-order valence-corrected chi connectivity index (χ1v) is 7.12. The normalized spacial score (nSPS) is 13.5. The van der Waals surface area contributed by atoms with Gasteiger partial charge in [0.1, 0.15) is 11.6 Å². The molecule has 0 spiro atoms. The topological polar surface area (TPSA) is 45.6 Å². The zero-order chi connectivity index (χ0) is 14.5. The molecule has 108 valence electrons. The Hall–Kier alpha value is -2.49. The summed E-state index contributed by atoms with van der Waals surface area (Å²) in [5, 5.41) is 6.73. The average molecular weight is 281 g/mol. The number of nitrogens with one attached hydrogen (secondary N) is 2. The van der Waals surface area contributed by atoms with Crippen molar-refractivity contribution >= 4 is 11.5 Å². The number of aliphatic imine (C=N–C) groups is 1. The molecule has 0 saturated heterocycles. The Morgan fingerprint density at radius 3 is 2.62 bits per heavy atom. The number of hydrogen-bond acceptors (Lipinski definition) is 4. The largest absolute Gasteiger partial charge is 0.496 e. The van der Waals surface area contributed by atoms with Crippen molar-refractivity contribution < 1.29 is 4.74 Å². The minimum atomic E-state index is 0.714. The number of hydrogen-bond donors (Lipinski definition) is 2. The van der Waals surface area contributed by atoms with Crippen LogP contribution in [0.2, 0.25) is 0 Å². The molecule has 1 aliphatic rings. The zero-order valence-corrected chi connectivity index (χ0v) is 12.1. The number of rotatable bonds is 5. The Kier molecular flexibility index (Phi) is 4.05. The molecule has 0 radical (unpaired) electrons. The second-order valence-electron chi connectivity index (χ2n) is 4.85. The molecule has 4 nitrogen and oxygen atoms in total. The van der Waals surface area contributed by atoms with Gasteiger partial charge >= 0.3 is 0 Å². The predicted octanol–water partition coefficient (Wildman–Crippen LogP) is 2.78. The maximum atomic E-state index is 5.47. The molecule has 2 N–H and O–H groups in total. The lowest BCUT2D eigenvalue weighted by Crippen LogP contribution is -2.26. The fourth-order valence-corrected chi connectivity index (χ4v) is 2.48. The second kappa shape index (κ2) is 6.31. The quantitative estimate of drug-likeness (QED) is 0.886. The van der Waals surface area contributed by atoms with Crippen LogP contribution in [-0.4, -0.2) is 32.6 Å². The van der Waals surface area contributed by atoms with Crippen molar-refractivity contribution in [1.29, 1.82) is 0 Å². The van der Waals surface area contributed by atoms with Gasteiger partial charge in [0.15, 0.2) is 0 Å². The molecule has 2 aromatic rings. The van der Waals surface area contributed by atoms with Gasteiger partial charge in [0.05, 0.1) is 20.2 Å². The standard InChI is InChI=1S/C17H19N3O/c1-21-16-9-5-3-7-14(16)13-6-2-4-8-15(13)20-12-17-18-10-11-19-17/h2-9,20H,10-12H2,1H3,(H,18,19). The van der Waals surface area contributed by atoms with E-state index in [2.05, 4.69) is 33.8 Å². The van der Waals surface area contributed by atoms with Gasteiger partial charge in [-0.2, -0.15) is 0 Å². The van der Waals surface area contributed by atoms with Crippen LogP contribution >= 0.6 is 0 Å². The van der Waals surface area contributed by atoms with E-state index in [1.54, 1.807) is 7.11 Å². The Morgan fingerprint density at radius 1 is 1.10 bits per heavy atom. The maximum absolute atomic E-state index is 5.47. The van der Waals surface area contributed by atoms with Gasteiger partial charge in [0, 0.05) is 23.4 Å². The van der Waals surface area contributed by atoms with Gasteiger partial charge in [-0.05, 0) is 12.1 Å². The fraction of sp³-hybridized carbons (Fsp3) is 0.235. The van der Waals surface area contributed by atoms with Gasteiger partial charge in [0.2, 0.25) is 0 Å². The van der Waals surface area contributed by atoms with E-state index < -0.39 is 0 Å². The number of benzene rings is 2. The van der Waals surface area contributed by atoms with Crippen LogP contribution in [0.25, 0.3) is 11.1 Å². The van der Waals surface area contributed by atoms with E-state index in [9.17, 15) is 0 Å². The summed E-state index contributed by atoms with van der Waals surface area (Å²) in [6.45, 7) is 2.52. The summed E-state index contributed by atoms with van der Waals surface area (Å²) in [5.74, 6) is 1.90. The van der Waals surface area contributed by atoms with E-state index in [1.807, 2.05) is 30.3 Å². The summed E-state index contributed by atoms with van der Waals surface area (Å²) in [4.78, 5) is 4.41. The molecule has 0 unspecified atom stereocenters. The number of methoxy groups -OCH3 is 1. The molecule has 0 fully saturated rings. The van der Waals surface area contributed by atoms with E-state index in [1.165, 1.54) is 0 Å². The third kappa shape index (κ3) is 2.99. The highest BCUT2D eigenvalue weighted by Gasteiger charge is 2.10. The summed E-state index contributed by atoms with van der Waals surface area (Å²) in [6, 6.07) is 16.3. The molecule has 0 aromatic heterocycles. The van der Waals surface area contributed by atoms with E-state index in [4.69, 9.17) is 4.74 Å². The van der Waals surface area contributed by atoms with Crippen LogP contribution in [0.4, 0.5) is 5.69 Å². The maximum Gasteiger partial charge on any atom is 0.126 e. The molecule has 2 aromatic carbocycles. The van der Waals surface area contributed by atoms with Crippen LogP contribution in [0.15, 0.2) is 53.5 Å². The Balaban J connectivity index is 1.88. The molecular weight excluding hydrogens is 262 g/mol. The fourth-order valence-electron chi connectivity index (χ4n) is 2.48. The first kappa shape index (κ1) is 13.5. The Bertz CT molecular complexity index is 652. The predicted molar refractivity (Wildman–Crippen MR) is 87.2 cm³/mol. The van der Waals surface area contributed by atoms with Gasteiger partial charge in [0.25, 0.3) is 0 Å². The first-order valence-electron chi connectivity index (χ1n) is 7.12. The lowest BCUT2D eigenvalue weighted by Gasteiger charge is -2.14. The minimum Gasteiger partial charge on any atom is -0.496 e. The highest BCUT2D eigenvalue weighted by molar-refractivity contribution is 5.89. The number of para-hydroxylation sites is 2. The lowest BCUT2D eigenvalue weighted by molar-refractivity contribution is 0.416. The van der Waals surface area contributed by atoms with Crippen LogP contribution < -0.4 is 15.4 Å². The number of anilines is 1. The number of nitrogens with zero attached hydrogens (tertiary/aromatic N) is 1. The van der Waals surface area contributed by atoms with E-state index in [0.29, 0.717) is 6.54 Å². The van der Waals surface area contributed by atoms with E-state index >= 15 is 0 Å². The SMILES string of the molecule is COc1ccccc1-c1ccccc1NCC1=NCCN1. The molecule has 3 rings (SSSR count). The molecule has 21 heavy (non-hydrogen) atoms. The van der Waals surface area contributed by atoms with Crippen molar-refractivity contribution in [3.8, 4) is 16.9 Å². The lowest BCUT2D eigenvalue weighted by atomic mass is 10.0. The van der Waals surface area contributed by atoms with Crippen LogP contribution in [0.5, 0.6) is 5.75 Å². The molecule has 0 saturated carbocycles. The summed E-state index contributed by atoms with van der Waals surface area (Å²) >= 11 is 0. The van der Waals surface area contributed by atoms with Gasteiger partial charge in [-0.3, -0.25) is 4.99 Å². The van der Waals surface area contributed by atoms with Crippen molar-refractivity contribution in [3.05, 3.63) is 48.5 Å². The molecular formula is C17H19N3O. The number of amidine groups is 1.